The van der Waals surface area contributed by atoms with Crippen molar-refractivity contribution >= 4 is 34.0 Å². The van der Waals surface area contributed by atoms with Gasteiger partial charge in [-0.2, -0.15) is 0 Å². The maximum Gasteiger partial charge on any atom is 0.140 e. The van der Waals surface area contributed by atoms with Crippen molar-refractivity contribution in [3.63, 3.8) is 0 Å². The SMILES string of the molecule is NNc1ccc2ccccc2n1.NNc1ccncc1Cl. The van der Waals surface area contributed by atoms with E-state index in [4.69, 9.17) is 23.3 Å². The minimum absolute atomic E-state index is 0.528. The Morgan fingerprint density at radius 1 is 0.952 bits per heavy atom. The number of para-hydroxylation sites is 1. The second-order valence-corrected chi connectivity index (χ2v) is 4.44. The van der Waals surface area contributed by atoms with Gasteiger partial charge in [-0.05, 0) is 24.3 Å². The first-order valence-electron chi connectivity index (χ1n) is 6.13. The third-order valence-electron chi connectivity index (χ3n) is 2.67. The second-order valence-electron chi connectivity index (χ2n) is 4.03. The van der Waals surface area contributed by atoms with Crippen molar-refractivity contribution < 1.29 is 0 Å². The van der Waals surface area contributed by atoms with E-state index in [-0.39, 0.29) is 0 Å². The molecule has 0 spiro atoms. The minimum Gasteiger partial charge on any atom is -0.323 e. The summed E-state index contributed by atoms with van der Waals surface area (Å²) >= 11 is 5.62. The molecule has 2 aromatic heterocycles. The maximum absolute atomic E-state index is 5.62. The molecule has 0 bridgehead atoms. The molecule has 6 nitrogen and oxygen atoms in total. The van der Waals surface area contributed by atoms with Crippen LogP contribution in [0.4, 0.5) is 11.5 Å². The largest absolute Gasteiger partial charge is 0.323 e. The van der Waals surface area contributed by atoms with Crippen LogP contribution in [-0.2, 0) is 0 Å². The van der Waals surface area contributed by atoms with Gasteiger partial charge in [0, 0.05) is 17.8 Å². The smallest absolute Gasteiger partial charge is 0.140 e. The summed E-state index contributed by atoms with van der Waals surface area (Å²) in [5.74, 6) is 11.0. The summed E-state index contributed by atoms with van der Waals surface area (Å²) in [6.45, 7) is 0. The molecule has 3 rings (SSSR count). The summed E-state index contributed by atoms with van der Waals surface area (Å²) in [6, 6.07) is 13.4. The second kappa shape index (κ2) is 7.39. The third-order valence-corrected chi connectivity index (χ3v) is 2.98. The average molecular weight is 303 g/mol. The Bertz CT molecular complexity index is 718. The number of halogens is 1. The zero-order valence-corrected chi connectivity index (χ0v) is 11.9. The van der Waals surface area contributed by atoms with Crippen molar-refractivity contribution in [1.29, 1.82) is 0 Å². The lowest BCUT2D eigenvalue weighted by Crippen LogP contribution is -2.07. The summed E-state index contributed by atoms with van der Waals surface area (Å²) in [6.07, 6.45) is 3.14. The van der Waals surface area contributed by atoms with Crippen LogP contribution in [0.5, 0.6) is 0 Å². The Kier molecular flexibility index (Phi) is 5.28. The number of nitrogens with two attached hydrogens (primary N) is 2. The molecule has 0 amide bonds. The summed E-state index contributed by atoms with van der Waals surface area (Å²) in [5.41, 5.74) is 6.57. The first-order valence-corrected chi connectivity index (χ1v) is 6.51. The maximum atomic E-state index is 5.62. The van der Waals surface area contributed by atoms with Crippen LogP contribution < -0.4 is 22.5 Å². The van der Waals surface area contributed by atoms with Crippen LogP contribution in [-0.4, -0.2) is 9.97 Å². The van der Waals surface area contributed by atoms with E-state index in [0.29, 0.717) is 16.5 Å². The minimum atomic E-state index is 0.528. The van der Waals surface area contributed by atoms with E-state index in [9.17, 15) is 0 Å². The summed E-state index contributed by atoms with van der Waals surface area (Å²) in [5, 5.41) is 1.65. The zero-order chi connectivity index (χ0) is 15.1. The van der Waals surface area contributed by atoms with E-state index in [0.717, 1.165) is 10.9 Å². The van der Waals surface area contributed by atoms with Crippen LogP contribution in [0.25, 0.3) is 10.9 Å². The topological polar surface area (TPSA) is 102 Å². The van der Waals surface area contributed by atoms with Crippen LogP contribution in [0.3, 0.4) is 0 Å². The number of benzene rings is 1. The molecule has 1 aromatic carbocycles. The first-order chi connectivity index (χ1) is 10.2. The molecule has 0 fully saturated rings. The Morgan fingerprint density at radius 2 is 1.76 bits per heavy atom. The predicted octanol–water partition coefficient (Wildman–Crippen LogP) is 2.54. The van der Waals surface area contributed by atoms with Gasteiger partial charge in [0.2, 0.25) is 0 Å². The zero-order valence-electron chi connectivity index (χ0n) is 11.1. The molecule has 0 saturated carbocycles. The number of aromatic nitrogens is 2. The van der Waals surface area contributed by atoms with E-state index >= 15 is 0 Å². The van der Waals surface area contributed by atoms with Crippen molar-refractivity contribution in [2.75, 3.05) is 10.9 Å². The highest BCUT2D eigenvalue weighted by molar-refractivity contribution is 6.33. The number of nitrogen functional groups attached to an aromatic ring is 2. The molecular formula is C14H15ClN6. The molecule has 2 heterocycles. The molecule has 108 valence electrons. The van der Waals surface area contributed by atoms with Gasteiger partial charge >= 0.3 is 0 Å². The quantitative estimate of drug-likeness (QED) is 0.428. The van der Waals surface area contributed by atoms with Crippen molar-refractivity contribution in [3.05, 3.63) is 59.9 Å². The Hall–Kier alpha value is -2.41. The summed E-state index contributed by atoms with van der Waals surface area (Å²) in [4.78, 5) is 8.02. The highest BCUT2D eigenvalue weighted by Gasteiger charge is 1.94. The Balaban J connectivity index is 0.000000161. The number of fused-ring (bicyclic) bond motifs is 1. The van der Waals surface area contributed by atoms with Gasteiger partial charge in [0.05, 0.1) is 16.2 Å². The molecule has 7 heteroatoms. The number of nitrogens with zero attached hydrogens (tertiary/aromatic N) is 2. The Labute approximate surface area is 127 Å². The fraction of sp³-hybridized carbons (Fsp3) is 0. The molecular weight excluding hydrogens is 288 g/mol. The van der Waals surface area contributed by atoms with E-state index in [2.05, 4.69) is 20.8 Å². The number of nitrogens with one attached hydrogen (secondary N) is 2. The van der Waals surface area contributed by atoms with Crippen LogP contribution >= 0.6 is 11.6 Å². The molecule has 0 radical (unpaired) electrons. The van der Waals surface area contributed by atoms with Crippen molar-refractivity contribution in [2.24, 2.45) is 11.7 Å². The highest BCUT2D eigenvalue weighted by atomic mass is 35.5. The van der Waals surface area contributed by atoms with Crippen LogP contribution in [0.2, 0.25) is 5.02 Å². The Morgan fingerprint density at radius 3 is 2.43 bits per heavy atom. The van der Waals surface area contributed by atoms with E-state index in [1.54, 1.807) is 12.3 Å². The molecule has 0 aliphatic heterocycles. The molecule has 0 saturated heterocycles. The van der Waals surface area contributed by atoms with Gasteiger partial charge < -0.3 is 10.9 Å². The lowest BCUT2D eigenvalue weighted by Gasteiger charge is -2.00. The van der Waals surface area contributed by atoms with Gasteiger partial charge in [-0.15, -0.1) is 0 Å². The monoisotopic (exact) mass is 302 g/mol. The number of anilines is 2. The lowest BCUT2D eigenvalue weighted by molar-refractivity contribution is 1.26. The first kappa shape index (κ1) is 15.0. The van der Waals surface area contributed by atoms with Gasteiger partial charge in [-0.3, -0.25) is 10.8 Å². The van der Waals surface area contributed by atoms with Gasteiger partial charge in [-0.1, -0.05) is 29.8 Å². The van der Waals surface area contributed by atoms with Crippen LogP contribution in [0.1, 0.15) is 0 Å². The van der Waals surface area contributed by atoms with Crippen molar-refractivity contribution in [1.82, 2.24) is 9.97 Å². The normalized spacial score (nSPS) is 9.67. The van der Waals surface area contributed by atoms with Gasteiger partial charge in [0.1, 0.15) is 5.82 Å². The number of hydrazine groups is 2. The number of pyridine rings is 2. The van der Waals surface area contributed by atoms with Gasteiger partial charge in [0.15, 0.2) is 0 Å². The lowest BCUT2D eigenvalue weighted by atomic mass is 10.2. The van der Waals surface area contributed by atoms with E-state index < -0.39 is 0 Å². The molecule has 0 aliphatic rings. The third kappa shape index (κ3) is 4.03. The number of hydrogen-bond donors (Lipinski definition) is 4. The molecule has 0 aliphatic carbocycles. The molecule has 0 atom stereocenters. The van der Waals surface area contributed by atoms with Crippen LogP contribution in [0, 0.1) is 0 Å². The van der Waals surface area contributed by atoms with Crippen LogP contribution in [0.15, 0.2) is 54.9 Å². The van der Waals surface area contributed by atoms with E-state index in [1.807, 2.05) is 36.4 Å². The molecule has 3 aromatic rings. The van der Waals surface area contributed by atoms with E-state index in [1.165, 1.54) is 6.20 Å². The molecule has 6 N–H and O–H groups in total. The summed E-state index contributed by atoms with van der Waals surface area (Å²) in [7, 11) is 0. The fourth-order valence-corrected chi connectivity index (χ4v) is 1.81. The fourth-order valence-electron chi connectivity index (χ4n) is 1.64. The molecule has 21 heavy (non-hydrogen) atoms. The van der Waals surface area contributed by atoms with Gasteiger partial charge in [-0.25, -0.2) is 10.8 Å². The summed E-state index contributed by atoms with van der Waals surface area (Å²) < 4.78 is 0. The number of hydrogen-bond acceptors (Lipinski definition) is 6. The van der Waals surface area contributed by atoms with Gasteiger partial charge in [0.25, 0.3) is 0 Å². The van der Waals surface area contributed by atoms with Crippen molar-refractivity contribution in [3.8, 4) is 0 Å². The average Bonchev–Trinajstić information content (AvgIpc) is 2.55. The predicted molar refractivity (Wildman–Crippen MR) is 86.6 cm³/mol. The highest BCUT2D eigenvalue weighted by Crippen LogP contribution is 2.16. The number of rotatable bonds is 2. The van der Waals surface area contributed by atoms with Crippen molar-refractivity contribution in [2.45, 2.75) is 0 Å². The standard InChI is InChI=1S/C9H9N3.C5H6ClN3/c10-12-9-6-5-7-3-1-2-4-8(7)11-9;6-4-3-8-2-1-5(4)9-7/h1-6H,10H2,(H,11,12);1-3H,7H2,(H,8,9). The molecule has 0 unspecified atom stereocenters.